The highest BCUT2D eigenvalue weighted by Crippen LogP contribution is 2.54. The topological polar surface area (TPSA) is 101 Å². The molecule has 3 aliphatic rings. The number of fused-ring (bicyclic) bond motifs is 5. The lowest BCUT2D eigenvalue weighted by Gasteiger charge is -2.27. The van der Waals surface area contributed by atoms with Gasteiger partial charge >= 0.3 is 5.97 Å². The molecular weight excluding hydrogens is 308 g/mol. The van der Waals surface area contributed by atoms with E-state index in [1.165, 1.54) is 4.90 Å². The number of imide groups is 1. The van der Waals surface area contributed by atoms with Crippen molar-refractivity contribution in [3.05, 3.63) is 42.0 Å². The number of benzene rings is 1. The van der Waals surface area contributed by atoms with Crippen molar-refractivity contribution in [2.24, 2.45) is 23.7 Å². The monoisotopic (exact) mass is 326 g/mol. The van der Waals surface area contributed by atoms with Crippen molar-refractivity contribution in [3.63, 3.8) is 0 Å². The first-order chi connectivity index (χ1) is 11.5. The summed E-state index contributed by atoms with van der Waals surface area (Å²) in [6.07, 6.45) is 4.58. The number of likely N-dealkylation sites (tertiary alicyclic amines) is 1. The average molecular weight is 326 g/mol. The molecule has 0 spiro atoms. The zero-order chi connectivity index (χ0) is 17.0. The zero-order valence-corrected chi connectivity index (χ0v) is 13.0. The summed E-state index contributed by atoms with van der Waals surface area (Å²) in [6, 6.07) is 5.93. The number of nitrogens with two attached hydrogens (primary N) is 1. The fraction of sp³-hybridized carbons (Fsp3) is 0.389. The molecule has 1 saturated heterocycles. The third-order valence-electron chi connectivity index (χ3n) is 5.48. The molecule has 4 rings (SSSR count). The maximum atomic E-state index is 12.9. The van der Waals surface area contributed by atoms with Crippen LogP contribution in [0.1, 0.15) is 24.4 Å². The standard InChI is InChI=1S/C18H18N2O4/c19-12-3-1-2-9(7-12)13(8-14(21)22)20-17(23)15-10-4-5-11(6-10)16(15)18(20)24/h1-5,7,10-11,13,15-16H,6,8,19H2,(H,21,22). The number of hydrogen-bond donors (Lipinski definition) is 2. The van der Waals surface area contributed by atoms with Gasteiger partial charge in [0, 0.05) is 5.69 Å². The van der Waals surface area contributed by atoms with Crippen molar-refractivity contribution in [2.75, 3.05) is 5.73 Å². The van der Waals surface area contributed by atoms with Gasteiger partial charge in [0.25, 0.3) is 0 Å². The van der Waals surface area contributed by atoms with Gasteiger partial charge in [-0.05, 0) is 36.0 Å². The summed E-state index contributed by atoms with van der Waals surface area (Å²) in [5.74, 6) is -1.98. The van der Waals surface area contributed by atoms with Crippen molar-refractivity contribution in [2.45, 2.75) is 18.9 Å². The lowest BCUT2D eigenvalue weighted by Crippen LogP contribution is -2.37. The number of amides is 2. The molecule has 24 heavy (non-hydrogen) atoms. The average Bonchev–Trinajstić information content (AvgIpc) is 3.20. The van der Waals surface area contributed by atoms with Crippen LogP contribution in [-0.2, 0) is 14.4 Å². The van der Waals surface area contributed by atoms with Crippen LogP contribution < -0.4 is 5.73 Å². The molecule has 1 heterocycles. The van der Waals surface area contributed by atoms with Crippen molar-refractivity contribution < 1.29 is 19.5 Å². The molecule has 1 aromatic rings. The lowest BCUT2D eigenvalue weighted by molar-refractivity contribution is -0.146. The van der Waals surface area contributed by atoms with Crippen LogP contribution >= 0.6 is 0 Å². The minimum absolute atomic E-state index is 0.104. The van der Waals surface area contributed by atoms with Crippen molar-refractivity contribution >= 4 is 23.5 Å². The Balaban J connectivity index is 1.72. The van der Waals surface area contributed by atoms with Gasteiger partial charge in [0.05, 0.1) is 24.3 Å². The molecular formula is C18H18N2O4. The Morgan fingerprint density at radius 1 is 1.21 bits per heavy atom. The Morgan fingerprint density at radius 2 is 1.83 bits per heavy atom. The van der Waals surface area contributed by atoms with E-state index < -0.39 is 12.0 Å². The number of anilines is 1. The molecule has 2 aliphatic carbocycles. The second kappa shape index (κ2) is 5.19. The van der Waals surface area contributed by atoms with Crippen LogP contribution in [-0.4, -0.2) is 27.8 Å². The Kier molecular flexibility index (Phi) is 3.23. The van der Waals surface area contributed by atoms with Crippen LogP contribution in [0.2, 0.25) is 0 Å². The van der Waals surface area contributed by atoms with Gasteiger partial charge in [0.2, 0.25) is 11.8 Å². The van der Waals surface area contributed by atoms with E-state index in [2.05, 4.69) is 0 Å². The Morgan fingerprint density at radius 3 is 2.38 bits per heavy atom. The molecule has 0 radical (unpaired) electrons. The molecule has 2 amide bonds. The van der Waals surface area contributed by atoms with Gasteiger partial charge in [-0.2, -0.15) is 0 Å². The largest absolute Gasteiger partial charge is 0.481 e. The molecule has 2 bridgehead atoms. The van der Waals surface area contributed by atoms with E-state index in [1.807, 2.05) is 12.2 Å². The minimum Gasteiger partial charge on any atom is -0.481 e. The van der Waals surface area contributed by atoms with Crippen LogP contribution in [0.3, 0.4) is 0 Å². The van der Waals surface area contributed by atoms with Gasteiger partial charge in [0.1, 0.15) is 0 Å². The van der Waals surface area contributed by atoms with Crippen LogP contribution in [0, 0.1) is 23.7 Å². The number of carbonyl (C=O) groups is 3. The van der Waals surface area contributed by atoms with E-state index in [4.69, 9.17) is 5.73 Å². The van der Waals surface area contributed by atoms with E-state index in [0.29, 0.717) is 11.3 Å². The fourth-order valence-corrected chi connectivity index (χ4v) is 4.52. The van der Waals surface area contributed by atoms with Crippen LogP contribution in [0.4, 0.5) is 5.69 Å². The number of aliphatic carboxylic acids is 1. The summed E-state index contributed by atoms with van der Waals surface area (Å²) < 4.78 is 0. The number of carboxylic acid groups (broad SMARTS) is 1. The lowest BCUT2D eigenvalue weighted by atomic mass is 9.85. The first-order valence-corrected chi connectivity index (χ1v) is 8.10. The molecule has 2 fully saturated rings. The summed E-state index contributed by atoms with van der Waals surface area (Å²) in [6.45, 7) is 0. The Bertz CT molecular complexity index is 742. The Labute approximate surface area is 138 Å². The van der Waals surface area contributed by atoms with Gasteiger partial charge in [0.15, 0.2) is 0 Å². The molecule has 5 atom stereocenters. The summed E-state index contributed by atoms with van der Waals surface area (Å²) >= 11 is 0. The zero-order valence-electron chi connectivity index (χ0n) is 13.0. The summed E-state index contributed by atoms with van der Waals surface area (Å²) in [7, 11) is 0. The summed E-state index contributed by atoms with van der Waals surface area (Å²) in [5.41, 5.74) is 6.85. The molecule has 0 aromatic heterocycles. The van der Waals surface area contributed by atoms with Crippen molar-refractivity contribution in [1.29, 1.82) is 0 Å². The highest BCUT2D eigenvalue weighted by atomic mass is 16.4. The highest BCUT2D eigenvalue weighted by Gasteiger charge is 2.60. The van der Waals surface area contributed by atoms with Crippen molar-refractivity contribution in [3.8, 4) is 0 Å². The molecule has 1 saturated carbocycles. The second-order valence-electron chi connectivity index (χ2n) is 6.83. The molecule has 124 valence electrons. The number of carboxylic acids is 1. The molecule has 6 nitrogen and oxygen atoms in total. The second-order valence-corrected chi connectivity index (χ2v) is 6.83. The fourth-order valence-electron chi connectivity index (χ4n) is 4.52. The summed E-state index contributed by atoms with van der Waals surface area (Å²) in [4.78, 5) is 38.3. The van der Waals surface area contributed by atoms with Crippen LogP contribution in [0.25, 0.3) is 0 Å². The first-order valence-electron chi connectivity index (χ1n) is 8.10. The van der Waals surface area contributed by atoms with E-state index in [-0.39, 0.29) is 41.9 Å². The van der Waals surface area contributed by atoms with E-state index in [9.17, 15) is 19.5 Å². The SMILES string of the molecule is Nc1cccc(C(CC(=O)O)N2C(=O)C3C4C=CC(C4)C3C2=O)c1. The molecule has 1 aromatic carbocycles. The number of carbonyl (C=O) groups excluding carboxylic acids is 2. The highest BCUT2D eigenvalue weighted by molar-refractivity contribution is 6.07. The predicted molar refractivity (Wildman–Crippen MR) is 85.4 cm³/mol. The first kappa shape index (κ1) is 14.9. The van der Waals surface area contributed by atoms with Gasteiger partial charge in [-0.25, -0.2) is 0 Å². The number of nitrogens with zero attached hydrogens (tertiary/aromatic N) is 1. The Hall–Kier alpha value is -2.63. The van der Waals surface area contributed by atoms with Gasteiger partial charge in [-0.1, -0.05) is 24.3 Å². The van der Waals surface area contributed by atoms with Crippen LogP contribution in [0.15, 0.2) is 36.4 Å². The summed E-state index contributed by atoms with van der Waals surface area (Å²) in [5, 5.41) is 9.27. The van der Waals surface area contributed by atoms with Gasteiger partial charge < -0.3 is 10.8 Å². The van der Waals surface area contributed by atoms with E-state index in [0.717, 1.165) is 6.42 Å². The number of nitrogen functional groups attached to an aromatic ring is 1. The molecule has 3 N–H and O–H groups in total. The van der Waals surface area contributed by atoms with Crippen LogP contribution in [0.5, 0.6) is 0 Å². The molecule has 5 unspecified atom stereocenters. The van der Waals surface area contributed by atoms with E-state index >= 15 is 0 Å². The molecule has 1 aliphatic heterocycles. The number of hydrogen-bond acceptors (Lipinski definition) is 4. The van der Waals surface area contributed by atoms with Gasteiger partial charge in [-0.3, -0.25) is 19.3 Å². The number of rotatable bonds is 4. The van der Waals surface area contributed by atoms with Gasteiger partial charge in [-0.15, -0.1) is 0 Å². The third-order valence-corrected chi connectivity index (χ3v) is 5.48. The minimum atomic E-state index is -1.05. The smallest absolute Gasteiger partial charge is 0.305 e. The third kappa shape index (κ3) is 2.06. The maximum Gasteiger partial charge on any atom is 0.305 e. The van der Waals surface area contributed by atoms with Crippen molar-refractivity contribution in [1.82, 2.24) is 4.90 Å². The van der Waals surface area contributed by atoms with E-state index in [1.54, 1.807) is 24.3 Å². The number of allylic oxidation sites excluding steroid dienone is 2. The predicted octanol–water partition coefficient (Wildman–Crippen LogP) is 1.59. The maximum absolute atomic E-state index is 12.9. The quantitative estimate of drug-likeness (QED) is 0.497. The normalized spacial score (nSPS) is 31.6. The molecule has 6 heteroatoms.